The third kappa shape index (κ3) is 4.22. The van der Waals surface area contributed by atoms with Gasteiger partial charge in [-0.25, -0.2) is 4.39 Å². The van der Waals surface area contributed by atoms with Crippen molar-refractivity contribution in [3.63, 3.8) is 0 Å². The van der Waals surface area contributed by atoms with Crippen LogP contribution in [0.5, 0.6) is 0 Å². The maximum atomic E-state index is 13.3. The summed E-state index contributed by atoms with van der Waals surface area (Å²) in [6.07, 6.45) is 2.83. The van der Waals surface area contributed by atoms with E-state index >= 15 is 0 Å². The quantitative estimate of drug-likeness (QED) is 0.589. The number of carbonyl (C=O) groups is 2. The number of fused-ring (bicyclic) bond motifs is 1. The van der Waals surface area contributed by atoms with Gasteiger partial charge in [0.1, 0.15) is 5.82 Å². The average molecular weight is 379 g/mol. The molecule has 0 saturated heterocycles. The molecule has 0 spiro atoms. The van der Waals surface area contributed by atoms with Gasteiger partial charge in [0.25, 0.3) is 0 Å². The van der Waals surface area contributed by atoms with E-state index in [4.69, 9.17) is 0 Å². The minimum absolute atomic E-state index is 0.00797. The Hall–Kier alpha value is -3.15. The van der Waals surface area contributed by atoms with Gasteiger partial charge in [0, 0.05) is 29.1 Å². The van der Waals surface area contributed by atoms with E-state index in [1.807, 2.05) is 24.3 Å². The standard InChI is InChI=1S/C22H22FN3O2/c23-15-7-5-14(6-8-15)22-18(17-3-1-2-4-19(17)26-22)11-12-20(27)24-13-21(28)25-16-9-10-16/h1-8,16,26H,9-13H2,(H,24,27)(H,25,28). The second-order valence-electron chi connectivity index (χ2n) is 7.15. The highest BCUT2D eigenvalue weighted by molar-refractivity contribution is 5.91. The van der Waals surface area contributed by atoms with Crippen LogP contribution in [0.25, 0.3) is 22.2 Å². The van der Waals surface area contributed by atoms with Gasteiger partial charge in [-0.15, -0.1) is 0 Å². The number of hydrogen-bond acceptors (Lipinski definition) is 2. The summed E-state index contributed by atoms with van der Waals surface area (Å²) >= 11 is 0. The number of H-pyrrole nitrogens is 1. The molecule has 0 unspecified atom stereocenters. The molecule has 1 aromatic heterocycles. The molecule has 4 rings (SSSR count). The average Bonchev–Trinajstić information content (AvgIpc) is 3.43. The van der Waals surface area contributed by atoms with E-state index in [-0.39, 0.29) is 36.6 Å². The molecule has 28 heavy (non-hydrogen) atoms. The van der Waals surface area contributed by atoms with Crippen LogP contribution in [0, 0.1) is 5.82 Å². The van der Waals surface area contributed by atoms with Crippen LogP contribution >= 0.6 is 0 Å². The third-order valence-electron chi connectivity index (χ3n) is 4.94. The number of aromatic amines is 1. The summed E-state index contributed by atoms with van der Waals surface area (Å²) in [6, 6.07) is 14.5. The van der Waals surface area contributed by atoms with E-state index in [1.165, 1.54) is 12.1 Å². The van der Waals surface area contributed by atoms with Gasteiger partial charge in [0.05, 0.1) is 6.54 Å². The maximum absolute atomic E-state index is 13.3. The Morgan fingerprint density at radius 1 is 1.04 bits per heavy atom. The third-order valence-corrected chi connectivity index (χ3v) is 4.94. The molecular formula is C22H22FN3O2. The van der Waals surface area contributed by atoms with E-state index in [9.17, 15) is 14.0 Å². The van der Waals surface area contributed by atoms with Gasteiger partial charge in [-0.3, -0.25) is 9.59 Å². The number of amides is 2. The molecule has 5 nitrogen and oxygen atoms in total. The highest BCUT2D eigenvalue weighted by atomic mass is 19.1. The molecule has 1 aliphatic carbocycles. The van der Waals surface area contributed by atoms with Gasteiger partial charge in [0.2, 0.25) is 11.8 Å². The van der Waals surface area contributed by atoms with Crippen LogP contribution in [-0.2, 0) is 16.0 Å². The molecule has 1 saturated carbocycles. The molecule has 2 aromatic carbocycles. The van der Waals surface area contributed by atoms with E-state index in [2.05, 4.69) is 15.6 Å². The molecule has 0 aliphatic heterocycles. The van der Waals surface area contributed by atoms with Gasteiger partial charge in [-0.2, -0.15) is 0 Å². The fourth-order valence-electron chi connectivity index (χ4n) is 3.33. The highest BCUT2D eigenvalue weighted by Gasteiger charge is 2.23. The minimum Gasteiger partial charge on any atom is -0.354 e. The second-order valence-corrected chi connectivity index (χ2v) is 7.15. The van der Waals surface area contributed by atoms with Crippen molar-refractivity contribution in [3.8, 4) is 11.3 Å². The number of hydrogen-bond donors (Lipinski definition) is 3. The first kappa shape index (κ1) is 18.2. The van der Waals surface area contributed by atoms with E-state index in [0.29, 0.717) is 6.42 Å². The summed E-state index contributed by atoms with van der Waals surface area (Å²) < 4.78 is 13.3. The largest absolute Gasteiger partial charge is 0.354 e. The van der Waals surface area contributed by atoms with Crippen LogP contribution in [0.2, 0.25) is 0 Å². The molecule has 0 atom stereocenters. The van der Waals surface area contributed by atoms with Crippen LogP contribution in [-0.4, -0.2) is 29.4 Å². The first-order valence-corrected chi connectivity index (χ1v) is 9.52. The molecule has 1 heterocycles. The number of halogens is 1. The number of carbonyl (C=O) groups excluding carboxylic acids is 2. The predicted octanol–water partition coefficient (Wildman–Crippen LogP) is 3.30. The Labute approximate surface area is 162 Å². The van der Waals surface area contributed by atoms with Crippen molar-refractivity contribution in [2.24, 2.45) is 0 Å². The molecular weight excluding hydrogens is 357 g/mol. The Bertz CT molecular complexity index is 1010. The van der Waals surface area contributed by atoms with Crippen LogP contribution in [0.1, 0.15) is 24.8 Å². The number of nitrogens with one attached hydrogen (secondary N) is 3. The van der Waals surface area contributed by atoms with Crippen LogP contribution in [0.15, 0.2) is 48.5 Å². The monoisotopic (exact) mass is 379 g/mol. The zero-order valence-electron chi connectivity index (χ0n) is 15.4. The van der Waals surface area contributed by atoms with Crippen molar-refractivity contribution in [1.82, 2.24) is 15.6 Å². The number of para-hydroxylation sites is 1. The molecule has 1 aliphatic rings. The van der Waals surface area contributed by atoms with Gasteiger partial charge in [-0.1, -0.05) is 18.2 Å². The van der Waals surface area contributed by atoms with E-state index in [0.717, 1.165) is 40.6 Å². The zero-order chi connectivity index (χ0) is 19.5. The van der Waals surface area contributed by atoms with Crippen molar-refractivity contribution in [2.75, 3.05) is 6.54 Å². The van der Waals surface area contributed by atoms with Gasteiger partial charge >= 0.3 is 0 Å². The number of rotatable bonds is 7. The summed E-state index contributed by atoms with van der Waals surface area (Å²) in [5, 5.41) is 6.57. The molecule has 0 radical (unpaired) electrons. The van der Waals surface area contributed by atoms with Crippen molar-refractivity contribution in [1.29, 1.82) is 0 Å². The van der Waals surface area contributed by atoms with Crippen molar-refractivity contribution in [3.05, 3.63) is 59.9 Å². The fourth-order valence-corrected chi connectivity index (χ4v) is 3.33. The first-order chi connectivity index (χ1) is 13.6. The lowest BCUT2D eigenvalue weighted by Gasteiger charge is -2.08. The summed E-state index contributed by atoms with van der Waals surface area (Å²) in [5.41, 5.74) is 3.75. The topological polar surface area (TPSA) is 74.0 Å². The van der Waals surface area contributed by atoms with Crippen molar-refractivity contribution >= 4 is 22.7 Å². The molecule has 6 heteroatoms. The van der Waals surface area contributed by atoms with Gasteiger partial charge in [-0.05, 0) is 60.7 Å². The summed E-state index contributed by atoms with van der Waals surface area (Å²) in [6.45, 7) is 0.00797. The van der Waals surface area contributed by atoms with Crippen molar-refractivity contribution < 1.29 is 14.0 Å². The molecule has 144 valence electrons. The molecule has 2 amide bonds. The normalized spacial score (nSPS) is 13.5. The molecule has 3 aromatic rings. The van der Waals surface area contributed by atoms with Crippen LogP contribution in [0.3, 0.4) is 0 Å². The first-order valence-electron chi connectivity index (χ1n) is 9.52. The SMILES string of the molecule is O=C(CCc1c(-c2ccc(F)cc2)[nH]c2ccccc12)NCC(=O)NC1CC1. The van der Waals surface area contributed by atoms with Gasteiger partial charge < -0.3 is 15.6 Å². The number of aryl methyl sites for hydroxylation is 1. The summed E-state index contributed by atoms with van der Waals surface area (Å²) in [7, 11) is 0. The lowest BCUT2D eigenvalue weighted by Crippen LogP contribution is -2.37. The van der Waals surface area contributed by atoms with Crippen LogP contribution < -0.4 is 10.6 Å². The molecule has 1 fully saturated rings. The van der Waals surface area contributed by atoms with Crippen molar-refractivity contribution in [2.45, 2.75) is 31.7 Å². The maximum Gasteiger partial charge on any atom is 0.239 e. The fraction of sp³-hybridized carbons (Fsp3) is 0.273. The smallest absolute Gasteiger partial charge is 0.239 e. The molecule has 0 bridgehead atoms. The van der Waals surface area contributed by atoms with E-state index < -0.39 is 0 Å². The second kappa shape index (κ2) is 7.84. The number of benzene rings is 2. The Balaban J connectivity index is 1.47. The highest BCUT2D eigenvalue weighted by Crippen LogP contribution is 2.31. The van der Waals surface area contributed by atoms with E-state index in [1.54, 1.807) is 12.1 Å². The Kier molecular flexibility index (Phi) is 5.10. The summed E-state index contributed by atoms with van der Waals surface area (Å²) in [5.74, 6) is -0.596. The Morgan fingerprint density at radius 2 is 1.79 bits per heavy atom. The zero-order valence-corrected chi connectivity index (χ0v) is 15.4. The lowest BCUT2D eigenvalue weighted by molar-refractivity contribution is -0.126. The minimum atomic E-state index is -0.287. The predicted molar refractivity (Wildman–Crippen MR) is 106 cm³/mol. The van der Waals surface area contributed by atoms with Gasteiger partial charge in [0.15, 0.2) is 0 Å². The van der Waals surface area contributed by atoms with Crippen LogP contribution in [0.4, 0.5) is 4.39 Å². The number of aromatic nitrogens is 1. The molecule has 3 N–H and O–H groups in total. The Morgan fingerprint density at radius 3 is 2.54 bits per heavy atom. The summed E-state index contributed by atoms with van der Waals surface area (Å²) in [4.78, 5) is 27.3. The lowest BCUT2D eigenvalue weighted by atomic mass is 10.0.